The lowest BCUT2D eigenvalue weighted by molar-refractivity contribution is 0.0751. The molecule has 0 saturated heterocycles. The number of aliphatic hydroxyl groups is 1. The van der Waals surface area contributed by atoms with Gasteiger partial charge in [0.25, 0.3) is 0 Å². The standard InChI is InChI=1S/C16H28N2O/c1-4-13(3)18(5-2)12-16(19)15(17)11-14-9-7-6-8-10-14/h6-10,13,15-16,19H,4-5,11-12,17H2,1-3H3. The van der Waals surface area contributed by atoms with Gasteiger partial charge in [0.2, 0.25) is 0 Å². The second-order valence-electron chi connectivity index (χ2n) is 5.27. The van der Waals surface area contributed by atoms with Crippen LogP contribution in [0.1, 0.15) is 32.8 Å². The average Bonchev–Trinajstić information content (AvgIpc) is 2.44. The van der Waals surface area contributed by atoms with Gasteiger partial charge in [0.15, 0.2) is 0 Å². The third kappa shape index (κ3) is 5.31. The summed E-state index contributed by atoms with van der Waals surface area (Å²) in [5, 5.41) is 10.3. The van der Waals surface area contributed by atoms with Crippen LogP contribution in [0.25, 0.3) is 0 Å². The Bertz CT molecular complexity index is 342. The number of nitrogens with two attached hydrogens (primary N) is 1. The second kappa shape index (κ2) is 8.31. The number of likely N-dealkylation sites (N-methyl/N-ethyl adjacent to an activating group) is 1. The van der Waals surface area contributed by atoms with Crippen LogP contribution in [0.4, 0.5) is 0 Å². The molecule has 108 valence electrons. The van der Waals surface area contributed by atoms with E-state index in [0.717, 1.165) is 19.4 Å². The van der Waals surface area contributed by atoms with E-state index in [-0.39, 0.29) is 6.04 Å². The fraction of sp³-hybridized carbons (Fsp3) is 0.625. The Balaban J connectivity index is 2.50. The fourth-order valence-electron chi connectivity index (χ4n) is 2.28. The summed E-state index contributed by atoms with van der Waals surface area (Å²) in [5.74, 6) is 0. The Kier molecular flexibility index (Phi) is 7.06. The van der Waals surface area contributed by atoms with Crippen LogP contribution in [-0.4, -0.2) is 41.3 Å². The van der Waals surface area contributed by atoms with E-state index in [0.29, 0.717) is 12.6 Å². The molecular weight excluding hydrogens is 236 g/mol. The molecule has 1 rings (SSSR count). The van der Waals surface area contributed by atoms with Crippen LogP contribution >= 0.6 is 0 Å². The van der Waals surface area contributed by atoms with Gasteiger partial charge in [-0.2, -0.15) is 0 Å². The lowest BCUT2D eigenvalue weighted by Gasteiger charge is -2.31. The van der Waals surface area contributed by atoms with Crippen molar-refractivity contribution < 1.29 is 5.11 Å². The minimum Gasteiger partial charge on any atom is -0.390 e. The summed E-state index contributed by atoms with van der Waals surface area (Å²) in [6.07, 6.45) is 1.34. The quantitative estimate of drug-likeness (QED) is 0.755. The zero-order chi connectivity index (χ0) is 14.3. The van der Waals surface area contributed by atoms with Crippen molar-refractivity contribution in [1.29, 1.82) is 0 Å². The molecule has 0 amide bonds. The van der Waals surface area contributed by atoms with Crippen molar-refractivity contribution in [3.63, 3.8) is 0 Å². The van der Waals surface area contributed by atoms with Gasteiger partial charge in [0, 0.05) is 18.6 Å². The van der Waals surface area contributed by atoms with Crippen molar-refractivity contribution in [3.8, 4) is 0 Å². The van der Waals surface area contributed by atoms with Crippen LogP contribution < -0.4 is 5.73 Å². The first kappa shape index (κ1) is 16.2. The van der Waals surface area contributed by atoms with Crippen LogP contribution in [0.3, 0.4) is 0 Å². The van der Waals surface area contributed by atoms with Gasteiger partial charge in [-0.05, 0) is 31.9 Å². The van der Waals surface area contributed by atoms with E-state index < -0.39 is 6.10 Å². The predicted molar refractivity (Wildman–Crippen MR) is 81.1 cm³/mol. The van der Waals surface area contributed by atoms with Gasteiger partial charge in [-0.25, -0.2) is 0 Å². The molecule has 0 aliphatic rings. The molecule has 0 saturated carbocycles. The topological polar surface area (TPSA) is 49.5 Å². The van der Waals surface area contributed by atoms with Crippen molar-refractivity contribution in [2.45, 2.75) is 51.8 Å². The molecule has 3 heteroatoms. The number of aliphatic hydroxyl groups excluding tert-OH is 1. The number of nitrogens with zero attached hydrogens (tertiary/aromatic N) is 1. The first-order chi connectivity index (χ1) is 9.08. The maximum absolute atomic E-state index is 10.3. The van der Waals surface area contributed by atoms with Gasteiger partial charge in [0.05, 0.1) is 6.10 Å². The Morgan fingerprint density at radius 3 is 2.37 bits per heavy atom. The zero-order valence-corrected chi connectivity index (χ0v) is 12.4. The lowest BCUT2D eigenvalue weighted by atomic mass is 10.0. The minimum atomic E-state index is -0.478. The highest BCUT2D eigenvalue weighted by atomic mass is 16.3. The molecule has 0 aromatic heterocycles. The van der Waals surface area contributed by atoms with Gasteiger partial charge >= 0.3 is 0 Å². The molecule has 0 aliphatic carbocycles. The van der Waals surface area contributed by atoms with E-state index in [1.54, 1.807) is 0 Å². The van der Waals surface area contributed by atoms with Gasteiger partial charge in [-0.1, -0.05) is 44.2 Å². The highest BCUT2D eigenvalue weighted by Gasteiger charge is 2.20. The Morgan fingerprint density at radius 2 is 1.84 bits per heavy atom. The van der Waals surface area contributed by atoms with Crippen LogP contribution in [0.2, 0.25) is 0 Å². The maximum atomic E-state index is 10.3. The van der Waals surface area contributed by atoms with Crippen molar-refractivity contribution >= 4 is 0 Å². The van der Waals surface area contributed by atoms with E-state index in [1.807, 2.05) is 18.2 Å². The van der Waals surface area contributed by atoms with E-state index in [4.69, 9.17) is 5.73 Å². The lowest BCUT2D eigenvalue weighted by Crippen LogP contribution is -2.47. The third-order valence-electron chi connectivity index (χ3n) is 3.85. The molecule has 0 aliphatic heterocycles. The average molecular weight is 264 g/mol. The normalized spacial score (nSPS) is 16.3. The van der Waals surface area contributed by atoms with E-state index >= 15 is 0 Å². The van der Waals surface area contributed by atoms with Gasteiger partial charge in [-0.3, -0.25) is 4.90 Å². The molecule has 0 fully saturated rings. The molecule has 3 N–H and O–H groups in total. The summed E-state index contributed by atoms with van der Waals surface area (Å²) in [6.45, 7) is 8.09. The van der Waals surface area contributed by atoms with Crippen molar-refractivity contribution in [3.05, 3.63) is 35.9 Å². The predicted octanol–water partition coefficient (Wildman–Crippen LogP) is 2.04. The monoisotopic (exact) mass is 264 g/mol. The third-order valence-corrected chi connectivity index (χ3v) is 3.85. The Morgan fingerprint density at radius 1 is 1.21 bits per heavy atom. The highest BCUT2D eigenvalue weighted by Crippen LogP contribution is 2.09. The molecule has 0 heterocycles. The molecule has 3 nitrogen and oxygen atoms in total. The molecule has 19 heavy (non-hydrogen) atoms. The summed E-state index contributed by atoms with van der Waals surface area (Å²) in [5.41, 5.74) is 7.30. The molecule has 0 radical (unpaired) electrons. The number of benzene rings is 1. The first-order valence-corrected chi connectivity index (χ1v) is 7.30. The first-order valence-electron chi connectivity index (χ1n) is 7.30. The molecule has 1 aromatic carbocycles. The van der Waals surface area contributed by atoms with Crippen LogP contribution in [0.15, 0.2) is 30.3 Å². The van der Waals surface area contributed by atoms with Gasteiger partial charge < -0.3 is 10.8 Å². The molecule has 0 bridgehead atoms. The molecular formula is C16H28N2O. The Labute approximate surface area is 117 Å². The van der Waals surface area contributed by atoms with E-state index in [2.05, 4.69) is 37.8 Å². The summed E-state index contributed by atoms with van der Waals surface area (Å²) in [7, 11) is 0. The van der Waals surface area contributed by atoms with Crippen molar-refractivity contribution in [2.24, 2.45) is 5.73 Å². The van der Waals surface area contributed by atoms with Gasteiger partial charge in [0.1, 0.15) is 0 Å². The number of hydrogen-bond donors (Lipinski definition) is 2. The second-order valence-corrected chi connectivity index (χ2v) is 5.27. The molecule has 3 atom stereocenters. The number of rotatable bonds is 8. The van der Waals surface area contributed by atoms with Crippen LogP contribution in [-0.2, 0) is 6.42 Å². The largest absolute Gasteiger partial charge is 0.390 e. The van der Waals surface area contributed by atoms with E-state index in [9.17, 15) is 5.11 Å². The summed E-state index contributed by atoms with van der Waals surface area (Å²) >= 11 is 0. The fourth-order valence-corrected chi connectivity index (χ4v) is 2.28. The van der Waals surface area contributed by atoms with Crippen molar-refractivity contribution in [2.75, 3.05) is 13.1 Å². The highest BCUT2D eigenvalue weighted by molar-refractivity contribution is 5.16. The van der Waals surface area contributed by atoms with Gasteiger partial charge in [-0.15, -0.1) is 0 Å². The molecule has 0 spiro atoms. The van der Waals surface area contributed by atoms with E-state index in [1.165, 1.54) is 5.56 Å². The van der Waals surface area contributed by atoms with Crippen LogP contribution in [0.5, 0.6) is 0 Å². The van der Waals surface area contributed by atoms with Crippen molar-refractivity contribution in [1.82, 2.24) is 4.90 Å². The Hall–Kier alpha value is -0.900. The smallest absolute Gasteiger partial charge is 0.0821 e. The van der Waals surface area contributed by atoms with Crippen LogP contribution in [0, 0.1) is 0 Å². The molecule has 3 unspecified atom stereocenters. The summed E-state index contributed by atoms with van der Waals surface area (Å²) < 4.78 is 0. The molecule has 1 aromatic rings. The maximum Gasteiger partial charge on any atom is 0.0821 e. The summed E-state index contributed by atoms with van der Waals surface area (Å²) in [6, 6.07) is 10.4. The zero-order valence-electron chi connectivity index (χ0n) is 12.4. The summed E-state index contributed by atoms with van der Waals surface area (Å²) in [4.78, 5) is 2.29. The minimum absolute atomic E-state index is 0.208. The SMILES string of the molecule is CCC(C)N(CC)CC(O)C(N)Cc1ccccc1. The number of hydrogen-bond acceptors (Lipinski definition) is 3.